The summed E-state index contributed by atoms with van der Waals surface area (Å²) in [6.07, 6.45) is 2.94. The van der Waals surface area contributed by atoms with Crippen LogP contribution in [0, 0.1) is 13.8 Å². The monoisotopic (exact) mass is 980 g/mol. The van der Waals surface area contributed by atoms with Crippen LogP contribution in [-0.4, -0.2) is 82.6 Å². The maximum absolute atomic E-state index is 12.8. The molecule has 0 atom stereocenters. The predicted octanol–water partition coefficient (Wildman–Crippen LogP) is 6.48. The van der Waals surface area contributed by atoms with Gasteiger partial charge in [0.2, 0.25) is 0 Å². The number of nitrogens with zero attached hydrogens (tertiary/aromatic N) is 4. The number of hydrogen-bond donors (Lipinski definition) is 6. The van der Waals surface area contributed by atoms with Crippen LogP contribution >= 0.6 is 15.2 Å². The van der Waals surface area contributed by atoms with E-state index in [-0.39, 0.29) is 51.7 Å². The Morgan fingerprint density at radius 3 is 1.27 bits per heavy atom. The van der Waals surface area contributed by atoms with E-state index in [0.29, 0.717) is 17.1 Å². The molecule has 0 spiro atoms. The molecule has 8 N–H and O–H groups in total. The Balaban J connectivity index is 0.000000249. The van der Waals surface area contributed by atoms with Crippen molar-refractivity contribution >= 4 is 69.7 Å². The van der Waals surface area contributed by atoms with Gasteiger partial charge in [0.1, 0.15) is 0 Å². The molecule has 0 unspecified atom stereocenters. The van der Waals surface area contributed by atoms with Crippen LogP contribution in [0.5, 0.6) is 0 Å². The molecule has 0 aliphatic carbocycles. The number of aromatic nitrogens is 4. The van der Waals surface area contributed by atoms with E-state index in [4.69, 9.17) is 30.3 Å². The molecule has 0 radical (unpaired) electrons. The Morgan fingerprint density at radius 2 is 0.939 bits per heavy atom. The summed E-state index contributed by atoms with van der Waals surface area (Å²) >= 11 is 0. The Morgan fingerprint density at radius 1 is 0.591 bits per heavy atom. The van der Waals surface area contributed by atoms with E-state index in [1.54, 1.807) is 13.8 Å². The Kier molecular flexibility index (Phi) is 16.5. The molecule has 0 saturated carbocycles. The van der Waals surface area contributed by atoms with Crippen molar-refractivity contribution in [2.75, 3.05) is 46.3 Å². The lowest BCUT2D eigenvalue weighted by Gasteiger charge is -2.17. The van der Waals surface area contributed by atoms with Crippen LogP contribution < -0.4 is 22.1 Å². The fourth-order valence-corrected chi connectivity index (χ4v) is 13.0. The Bertz CT molecular complexity index is 3020. The van der Waals surface area contributed by atoms with Crippen molar-refractivity contribution in [3.63, 3.8) is 0 Å². The highest BCUT2D eigenvalue weighted by molar-refractivity contribution is 7.98. The van der Waals surface area contributed by atoms with E-state index >= 15 is 0 Å². The zero-order chi connectivity index (χ0) is 48.5. The third-order valence-electron chi connectivity index (χ3n) is 8.99. The quantitative estimate of drug-likeness (QED) is 0.0565. The van der Waals surface area contributed by atoms with Gasteiger partial charge in [-0.3, -0.25) is 18.7 Å². The Labute approximate surface area is 380 Å². The number of benzene rings is 4. The number of carbonyl (C=O) groups is 2. The van der Waals surface area contributed by atoms with Crippen molar-refractivity contribution in [3.05, 3.63) is 132 Å². The number of nitrogen functional groups attached to an aromatic ring is 2. The highest BCUT2D eigenvalue weighted by atomic mass is 32.2. The minimum Gasteiger partial charge on any atom is -0.382 e. The lowest BCUT2D eigenvalue weighted by molar-refractivity contribution is 0.101. The van der Waals surface area contributed by atoms with Gasteiger partial charge in [0.05, 0.1) is 46.8 Å². The second-order valence-electron chi connectivity index (χ2n) is 14.3. The zero-order valence-corrected chi connectivity index (χ0v) is 39.3. The van der Waals surface area contributed by atoms with Crippen molar-refractivity contribution < 1.29 is 54.4 Å². The van der Waals surface area contributed by atoms with Gasteiger partial charge >= 0.3 is 15.2 Å². The average Bonchev–Trinajstić information content (AvgIpc) is 3.24. The van der Waals surface area contributed by atoms with Crippen LogP contribution in [0.3, 0.4) is 0 Å². The summed E-state index contributed by atoms with van der Waals surface area (Å²) in [6.45, 7) is 7.21. The molecule has 4 aromatic carbocycles. The molecule has 348 valence electrons. The number of hydrogen-bond acceptors (Lipinski definition) is 16. The summed E-state index contributed by atoms with van der Waals surface area (Å²) in [5.74, 6) is -1.36. The first-order chi connectivity index (χ1) is 31.0. The van der Waals surface area contributed by atoms with Gasteiger partial charge in [-0.1, -0.05) is 59.7 Å². The lowest BCUT2D eigenvalue weighted by atomic mass is 10.1. The highest BCUT2D eigenvalue weighted by Crippen LogP contribution is 2.50. The fourth-order valence-electron chi connectivity index (χ4n) is 5.81. The molecule has 0 aliphatic rings. The number of aryl methyl sites for hydroxylation is 2. The molecule has 20 nitrogen and oxygen atoms in total. The zero-order valence-electron chi connectivity index (χ0n) is 35.9. The molecule has 2 heterocycles. The van der Waals surface area contributed by atoms with E-state index in [2.05, 4.69) is 30.6 Å². The maximum Gasteiger partial charge on any atom is 0.346 e. The second-order valence-corrected chi connectivity index (χ2v) is 22.8. The standard InChI is InChI=1S/C23H27N4O6PS.C19H19N4O6PS/c1-4-32-34(29,33-5-2)15-35(30,31)19-12-10-18(11-13-19)26-23(28)21-22(24)25-14-20(27-21)17-8-6-16(3)7-9-17;1-12-2-4-13(5-3-12)16-10-21-18(20)17(23-16)19(24)22-14-6-8-15(9-7-14)31(28,29)11-30(25,26)27/h6-14H,4-5,15H2,1-3H3,(H2,24,25)(H,26,28);2-10H,11H2,1H3,(H2,20,21)(H,22,24)(H2,25,26,27). The number of nitrogens with one attached hydrogen (secondary N) is 2. The average molecular weight is 981 g/mol. The van der Waals surface area contributed by atoms with E-state index in [1.165, 1.54) is 48.8 Å². The van der Waals surface area contributed by atoms with Crippen molar-refractivity contribution in [3.8, 4) is 22.5 Å². The van der Waals surface area contributed by atoms with E-state index < -0.39 is 57.7 Å². The smallest absolute Gasteiger partial charge is 0.346 e. The summed E-state index contributed by atoms with van der Waals surface area (Å²) in [5, 5.41) is 5.18. The van der Waals surface area contributed by atoms with Crippen LogP contribution in [0.4, 0.5) is 23.0 Å². The third-order valence-corrected chi connectivity index (χ3v) is 17.6. The van der Waals surface area contributed by atoms with Gasteiger partial charge in [-0.25, -0.2) is 36.8 Å². The van der Waals surface area contributed by atoms with Crippen LogP contribution in [-0.2, 0) is 37.9 Å². The summed E-state index contributed by atoms with van der Waals surface area (Å²) in [7, 11) is -16.7. The summed E-state index contributed by atoms with van der Waals surface area (Å²) in [6, 6.07) is 25.3. The Hall–Kier alpha value is -6.22. The SMILES string of the molecule is CCOP(=O)(CS(=O)(=O)c1ccc(NC(=O)c2nc(-c3ccc(C)cc3)cnc2N)cc1)OCC.Cc1ccc(-c2cnc(N)c(C(=O)Nc3ccc(S(=O)(=O)CP(=O)(O)O)cc3)n2)cc1. The largest absolute Gasteiger partial charge is 0.382 e. The van der Waals surface area contributed by atoms with Crippen LogP contribution in [0.2, 0.25) is 0 Å². The van der Waals surface area contributed by atoms with Gasteiger partial charge in [0.15, 0.2) is 53.7 Å². The number of nitrogens with two attached hydrogens (primary N) is 2. The molecule has 66 heavy (non-hydrogen) atoms. The lowest BCUT2D eigenvalue weighted by Crippen LogP contribution is -2.17. The predicted molar refractivity (Wildman–Crippen MR) is 249 cm³/mol. The van der Waals surface area contributed by atoms with E-state index in [1.807, 2.05) is 62.4 Å². The van der Waals surface area contributed by atoms with Crippen LogP contribution in [0.1, 0.15) is 46.0 Å². The van der Waals surface area contributed by atoms with Crippen molar-refractivity contribution in [2.24, 2.45) is 0 Å². The minimum absolute atomic E-state index is 0.0415. The molecule has 0 fully saturated rings. The first kappa shape index (κ1) is 50.8. The topological polar surface area (TPSA) is 323 Å². The molecule has 0 aliphatic heterocycles. The molecule has 0 bridgehead atoms. The normalized spacial score (nSPS) is 11.8. The molecule has 6 rings (SSSR count). The molecular formula is C42H46N8O12P2S2. The van der Waals surface area contributed by atoms with Gasteiger partial charge < -0.3 is 40.9 Å². The number of amides is 2. The molecule has 2 aromatic heterocycles. The summed E-state index contributed by atoms with van der Waals surface area (Å²) in [4.78, 5) is 59.6. The van der Waals surface area contributed by atoms with Crippen LogP contribution in [0.15, 0.2) is 119 Å². The molecule has 2 amide bonds. The van der Waals surface area contributed by atoms with Gasteiger partial charge in [0.25, 0.3) is 11.8 Å². The maximum atomic E-state index is 12.8. The minimum atomic E-state index is -4.75. The van der Waals surface area contributed by atoms with E-state index in [0.717, 1.165) is 34.4 Å². The second kappa shape index (κ2) is 21.4. The molecule has 0 saturated heterocycles. The first-order valence-corrected chi connectivity index (χ1v) is 26.4. The summed E-state index contributed by atoms with van der Waals surface area (Å²) < 4.78 is 83.3. The van der Waals surface area contributed by atoms with Crippen molar-refractivity contribution in [2.45, 2.75) is 37.5 Å². The fraction of sp³-hybridized carbons (Fsp3) is 0.190. The number of anilines is 4. The summed E-state index contributed by atoms with van der Waals surface area (Å²) in [5.41, 5.74) is 14.6. The first-order valence-electron chi connectivity index (χ1n) is 19.6. The number of carbonyl (C=O) groups excluding carboxylic acids is 2. The molecular weight excluding hydrogens is 935 g/mol. The van der Waals surface area contributed by atoms with Gasteiger partial charge in [-0.15, -0.1) is 0 Å². The van der Waals surface area contributed by atoms with Crippen LogP contribution in [0.25, 0.3) is 22.5 Å². The van der Waals surface area contributed by atoms with Crippen molar-refractivity contribution in [1.82, 2.24) is 19.9 Å². The van der Waals surface area contributed by atoms with Gasteiger partial charge in [-0.2, -0.15) is 0 Å². The van der Waals surface area contributed by atoms with Gasteiger partial charge in [0, 0.05) is 22.5 Å². The number of rotatable bonds is 16. The van der Waals surface area contributed by atoms with E-state index in [9.17, 15) is 35.6 Å². The van der Waals surface area contributed by atoms with Gasteiger partial charge in [-0.05, 0) is 76.2 Å². The van der Waals surface area contributed by atoms with Crippen molar-refractivity contribution in [1.29, 1.82) is 0 Å². The highest BCUT2D eigenvalue weighted by Gasteiger charge is 2.33. The number of sulfone groups is 2. The third kappa shape index (κ3) is 13.9. The molecule has 6 aromatic rings. The molecule has 24 heteroatoms.